The molecule has 0 fully saturated rings. The first-order valence-electron chi connectivity index (χ1n) is 10.1. The second-order valence-corrected chi connectivity index (χ2v) is 8.89. The summed E-state index contributed by atoms with van der Waals surface area (Å²) >= 11 is 5.59. The summed E-state index contributed by atoms with van der Waals surface area (Å²) in [5, 5.41) is 16.9. The molecule has 1 aromatic heterocycles. The number of imidazole rings is 1. The summed E-state index contributed by atoms with van der Waals surface area (Å²) in [6.07, 6.45) is 5.31. The van der Waals surface area contributed by atoms with E-state index in [0.29, 0.717) is 11.4 Å². The Balaban J connectivity index is 2.75. The molecule has 0 radical (unpaired) electrons. The molecule has 0 aromatic carbocycles. The van der Waals surface area contributed by atoms with Gasteiger partial charge >= 0.3 is 5.97 Å². The summed E-state index contributed by atoms with van der Waals surface area (Å²) in [4.78, 5) is 55.9. The summed E-state index contributed by atoms with van der Waals surface area (Å²) in [5.74, 6) is -2.72. The zero-order valence-corrected chi connectivity index (χ0v) is 20.0. The first-order chi connectivity index (χ1) is 15.1. The van der Waals surface area contributed by atoms with Gasteiger partial charge in [0, 0.05) is 24.1 Å². The van der Waals surface area contributed by atoms with Gasteiger partial charge in [0.05, 0.1) is 12.4 Å². The lowest BCUT2D eigenvalue weighted by Crippen LogP contribution is -2.59. The van der Waals surface area contributed by atoms with Crippen LogP contribution in [0.2, 0.25) is 0 Å². The van der Waals surface area contributed by atoms with Crippen molar-refractivity contribution in [2.24, 2.45) is 11.7 Å². The zero-order valence-electron chi connectivity index (χ0n) is 18.3. The van der Waals surface area contributed by atoms with Gasteiger partial charge in [-0.1, -0.05) is 13.8 Å². The molecule has 1 heterocycles. The number of carboxylic acid groups (broad SMARTS) is 1. The van der Waals surface area contributed by atoms with Gasteiger partial charge in [0.2, 0.25) is 17.7 Å². The SMILES string of the molecule is CSCCC(NC(=O)C(NC(=O)C(CS)NC(=O)C(N)Cc1cnc[nH]1)C(C)C)C(=O)O. The average molecular weight is 489 g/mol. The molecule has 0 aliphatic heterocycles. The standard InChI is InChI=1S/C19H32N6O5S2/c1-10(2)15(18(28)23-13(19(29)30)4-5-32-3)25-17(27)14(8-31)24-16(26)12(20)6-11-7-21-9-22-11/h7,9-10,12-15,31H,4-6,8,20H2,1-3H3,(H,21,22)(H,23,28)(H,24,26)(H,25,27)(H,29,30). The van der Waals surface area contributed by atoms with Gasteiger partial charge in [-0.3, -0.25) is 14.4 Å². The van der Waals surface area contributed by atoms with E-state index in [1.165, 1.54) is 18.1 Å². The number of carbonyl (C=O) groups excluding carboxylic acids is 3. The maximum atomic E-state index is 12.7. The number of hydrogen-bond donors (Lipinski definition) is 7. The largest absolute Gasteiger partial charge is 0.480 e. The third kappa shape index (κ3) is 9.09. The van der Waals surface area contributed by atoms with Crippen LogP contribution in [0.4, 0.5) is 0 Å². The van der Waals surface area contributed by atoms with Crippen molar-refractivity contribution in [1.82, 2.24) is 25.9 Å². The normalized spacial score (nSPS) is 14.8. The fraction of sp³-hybridized carbons (Fsp3) is 0.632. The Morgan fingerprint density at radius 3 is 2.31 bits per heavy atom. The van der Waals surface area contributed by atoms with Gasteiger partial charge in [0.15, 0.2) is 0 Å². The summed E-state index contributed by atoms with van der Waals surface area (Å²) in [5.41, 5.74) is 6.57. The van der Waals surface area contributed by atoms with Crippen molar-refractivity contribution in [2.45, 2.75) is 50.9 Å². The predicted octanol–water partition coefficient (Wildman–Crippen LogP) is -0.843. The molecule has 0 aliphatic carbocycles. The Bertz CT molecular complexity index is 761. The number of rotatable bonds is 14. The lowest BCUT2D eigenvalue weighted by atomic mass is 10.0. The minimum absolute atomic E-state index is 0.0216. The van der Waals surface area contributed by atoms with E-state index in [1.54, 1.807) is 20.0 Å². The second-order valence-electron chi connectivity index (χ2n) is 7.54. The number of hydrogen-bond acceptors (Lipinski definition) is 8. The van der Waals surface area contributed by atoms with E-state index < -0.39 is 47.9 Å². The molecule has 7 N–H and O–H groups in total. The van der Waals surface area contributed by atoms with Gasteiger partial charge in [-0.2, -0.15) is 24.4 Å². The van der Waals surface area contributed by atoms with E-state index in [9.17, 15) is 24.3 Å². The number of thioether (sulfide) groups is 1. The Labute approximate surface area is 196 Å². The number of aromatic nitrogens is 2. The first-order valence-corrected chi connectivity index (χ1v) is 12.1. The van der Waals surface area contributed by atoms with Crippen molar-refractivity contribution in [3.8, 4) is 0 Å². The lowest BCUT2D eigenvalue weighted by Gasteiger charge is -2.26. The van der Waals surface area contributed by atoms with Crippen molar-refractivity contribution >= 4 is 48.1 Å². The molecule has 1 aromatic rings. The topological polar surface area (TPSA) is 179 Å². The molecular formula is C19H32N6O5S2. The van der Waals surface area contributed by atoms with Gasteiger partial charge in [-0.15, -0.1) is 0 Å². The van der Waals surface area contributed by atoms with E-state index >= 15 is 0 Å². The Morgan fingerprint density at radius 2 is 1.81 bits per heavy atom. The molecule has 4 atom stereocenters. The third-order valence-corrected chi connectivity index (χ3v) is 5.63. The zero-order chi connectivity index (χ0) is 24.3. The number of aliphatic carboxylic acids is 1. The van der Waals surface area contributed by atoms with Crippen LogP contribution in [0.3, 0.4) is 0 Å². The number of aromatic amines is 1. The molecule has 0 saturated heterocycles. The number of H-pyrrole nitrogens is 1. The summed E-state index contributed by atoms with van der Waals surface area (Å²) in [7, 11) is 0. The number of nitrogens with one attached hydrogen (secondary N) is 4. The second kappa shape index (κ2) is 14.0. The van der Waals surface area contributed by atoms with Crippen LogP contribution in [-0.2, 0) is 25.6 Å². The summed E-state index contributed by atoms with van der Waals surface area (Å²) in [6, 6.07) is -3.99. The Morgan fingerprint density at radius 1 is 1.16 bits per heavy atom. The third-order valence-electron chi connectivity index (χ3n) is 4.62. The highest BCUT2D eigenvalue weighted by Gasteiger charge is 2.31. The molecule has 0 saturated carbocycles. The van der Waals surface area contributed by atoms with Crippen molar-refractivity contribution in [2.75, 3.05) is 17.8 Å². The maximum absolute atomic E-state index is 12.7. The van der Waals surface area contributed by atoms with E-state index in [2.05, 4.69) is 38.5 Å². The predicted molar refractivity (Wildman–Crippen MR) is 125 cm³/mol. The highest BCUT2D eigenvalue weighted by atomic mass is 32.2. The number of amides is 3. The number of carboxylic acids is 1. The van der Waals surface area contributed by atoms with Crippen molar-refractivity contribution < 1.29 is 24.3 Å². The number of nitrogens with two attached hydrogens (primary N) is 1. The summed E-state index contributed by atoms with van der Waals surface area (Å²) in [6.45, 7) is 3.44. The van der Waals surface area contributed by atoms with Gasteiger partial charge in [-0.05, 0) is 24.3 Å². The molecule has 1 rings (SSSR count). The van der Waals surface area contributed by atoms with Crippen LogP contribution in [0.1, 0.15) is 26.0 Å². The Kier molecular flexibility index (Phi) is 12.2. The van der Waals surface area contributed by atoms with Gasteiger partial charge in [-0.25, -0.2) is 9.78 Å². The van der Waals surface area contributed by atoms with E-state index in [0.717, 1.165) is 0 Å². The van der Waals surface area contributed by atoms with Crippen LogP contribution in [-0.4, -0.2) is 80.7 Å². The van der Waals surface area contributed by atoms with Crippen LogP contribution >= 0.6 is 24.4 Å². The quantitative estimate of drug-likeness (QED) is 0.166. The van der Waals surface area contributed by atoms with Gasteiger partial charge in [0.25, 0.3) is 0 Å². The molecule has 32 heavy (non-hydrogen) atoms. The highest BCUT2D eigenvalue weighted by Crippen LogP contribution is 2.07. The smallest absolute Gasteiger partial charge is 0.326 e. The minimum Gasteiger partial charge on any atom is -0.480 e. The molecule has 13 heteroatoms. The van der Waals surface area contributed by atoms with Gasteiger partial charge in [0.1, 0.15) is 18.1 Å². The van der Waals surface area contributed by atoms with Crippen LogP contribution < -0.4 is 21.7 Å². The minimum atomic E-state index is -1.15. The number of nitrogens with zero attached hydrogens (tertiary/aromatic N) is 1. The average Bonchev–Trinajstić information content (AvgIpc) is 3.25. The van der Waals surface area contributed by atoms with Crippen LogP contribution in [0, 0.1) is 5.92 Å². The lowest BCUT2D eigenvalue weighted by molar-refractivity contribution is -0.142. The van der Waals surface area contributed by atoms with Crippen molar-refractivity contribution in [1.29, 1.82) is 0 Å². The molecule has 3 amide bonds. The fourth-order valence-electron chi connectivity index (χ4n) is 2.74. The molecule has 0 spiro atoms. The molecule has 4 unspecified atom stereocenters. The highest BCUT2D eigenvalue weighted by molar-refractivity contribution is 7.98. The van der Waals surface area contributed by atoms with Crippen molar-refractivity contribution in [3.63, 3.8) is 0 Å². The van der Waals surface area contributed by atoms with Crippen LogP contribution in [0.25, 0.3) is 0 Å². The molecule has 0 aliphatic rings. The van der Waals surface area contributed by atoms with E-state index in [4.69, 9.17) is 5.73 Å². The fourth-order valence-corrected chi connectivity index (χ4v) is 3.47. The van der Waals surface area contributed by atoms with E-state index in [-0.39, 0.29) is 24.5 Å². The summed E-state index contributed by atoms with van der Waals surface area (Å²) < 4.78 is 0. The first kappa shape index (κ1) is 27.8. The Hall–Kier alpha value is -2.25. The molecule has 0 bridgehead atoms. The van der Waals surface area contributed by atoms with Crippen LogP contribution in [0.5, 0.6) is 0 Å². The van der Waals surface area contributed by atoms with Crippen molar-refractivity contribution in [3.05, 3.63) is 18.2 Å². The molecule has 11 nitrogen and oxygen atoms in total. The number of carbonyl (C=O) groups is 4. The van der Waals surface area contributed by atoms with E-state index in [1.807, 2.05) is 6.26 Å². The van der Waals surface area contributed by atoms with Crippen LogP contribution in [0.15, 0.2) is 12.5 Å². The maximum Gasteiger partial charge on any atom is 0.326 e. The van der Waals surface area contributed by atoms with Gasteiger partial charge < -0.3 is 31.8 Å². The number of thiol groups is 1. The molecular weight excluding hydrogens is 456 g/mol. The monoisotopic (exact) mass is 488 g/mol. The molecule has 180 valence electrons.